The van der Waals surface area contributed by atoms with Crippen molar-refractivity contribution in [2.45, 2.75) is 0 Å². The minimum Gasteiger partial charge on any atom is -0.336 e. The highest BCUT2D eigenvalue weighted by molar-refractivity contribution is 7.86. The van der Waals surface area contributed by atoms with Crippen LogP contribution in [0.5, 0.6) is 0 Å². The second-order valence-electron chi connectivity index (χ2n) is 5.11. The van der Waals surface area contributed by atoms with Crippen molar-refractivity contribution in [3.05, 3.63) is 33.8 Å². The van der Waals surface area contributed by atoms with Gasteiger partial charge in [-0.05, 0) is 18.2 Å². The molecule has 1 fully saturated rings. The van der Waals surface area contributed by atoms with E-state index in [2.05, 4.69) is 0 Å². The average molecular weight is 366 g/mol. The lowest BCUT2D eigenvalue weighted by atomic mass is 10.2. The van der Waals surface area contributed by atoms with Crippen LogP contribution in [0.2, 0.25) is 10.0 Å². The molecule has 1 amide bonds. The maximum Gasteiger partial charge on any atom is 0.281 e. The van der Waals surface area contributed by atoms with E-state index < -0.39 is 10.2 Å². The van der Waals surface area contributed by atoms with Crippen LogP contribution < -0.4 is 0 Å². The van der Waals surface area contributed by atoms with Gasteiger partial charge < -0.3 is 4.90 Å². The van der Waals surface area contributed by atoms with Crippen LogP contribution in [0.15, 0.2) is 18.2 Å². The molecule has 122 valence electrons. The Hall–Kier alpha value is -0.860. The Morgan fingerprint density at radius 3 is 2.23 bits per heavy atom. The van der Waals surface area contributed by atoms with Crippen molar-refractivity contribution in [3.63, 3.8) is 0 Å². The number of hydrogen-bond acceptors (Lipinski definition) is 3. The van der Waals surface area contributed by atoms with E-state index in [0.29, 0.717) is 28.7 Å². The summed E-state index contributed by atoms with van der Waals surface area (Å²) >= 11 is 11.9. The van der Waals surface area contributed by atoms with Crippen molar-refractivity contribution >= 4 is 39.3 Å². The van der Waals surface area contributed by atoms with Crippen molar-refractivity contribution in [2.24, 2.45) is 0 Å². The third-order valence-corrected chi connectivity index (χ3v) is 5.96. The zero-order chi connectivity index (χ0) is 16.5. The van der Waals surface area contributed by atoms with E-state index in [9.17, 15) is 13.2 Å². The average Bonchev–Trinajstić information content (AvgIpc) is 2.46. The van der Waals surface area contributed by atoms with Crippen molar-refractivity contribution in [2.75, 3.05) is 40.3 Å². The molecular formula is C13H17Cl2N3O3S. The van der Waals surface area contributed by atoms with Gasteiger partial charge in [0.15, 0.2) is 0 Å². The molecule has 1 aliphatic rings. The van der Waals surface area contributed by atoms with Gasteiger partial charge in [0.2, 0.25) is 0 Å². The van der Waals surface area contributed by atoms with Gasteiger partial charge in [-0.2, -0.15) is 17.0 Å². The smallest absolute Gasteiger partial charge is 0.281 e. The van der Waals surface area contributed by atoms with Crippen molar-refractivity contribution in [1.29, 1.82) is 0 Å². The normalized spacial score (nSPS) is 17.0. The number of benzene rings is 1. The fourth-order valence-corrected chi connectivity index (χ4v) is 3.76. The molecule has 0 radical (unpaired) electrons. The lowest BCUT2D eigenvalue weighted by Gasteiger charge is -2.35. The summed E-state index contributed by atoms with van der Waals surface area (Å²) in [5.41, 5.74) is 0.370. The standard InChI is InChI=1S/C13H17Cl2N3O3S/c1-16(2)22(20,21)18-7-5-17(6-8-18)13(19)11-4-3-10(14)9-12(11)15/h3-4,9H,5-8H2,1-2H3. The quantitative estimate of drug-likeness (QED) is 0.816. The highest BCUT2D eigenvalue weighted by atomic mass is 35.5. The van der Waals surface area contributed by atoms with E-state index in [1.54, 1.807) is 17.0 Å². The molecule has 9 heteroatoms. The summed E-state index contributed by atoms with van der Waals surface area (Å²) in [6.45, 7) is 1.17. The van der Waals surface area contributed by atoms with Gasteiger partial charge in [-0.15, -0.1) is 0 Å². The lowest BCUT2D eigenvalue weighted by molar-refractivity contribution is 0.0695. The minimum atomic E-state index is -3.44. The highest BCUT2D eigenvalue weighted by Gasteiger charge is 2.30. The summed E-state index contributed by atoms with van der Waals surface area (Å²) in [6, 6.07) is 4.70. The number of nitrogens with zero attached hydrogens (tertiary/aromatic N) is 3. The molecule has 1 aliphatic heterocycles. The Balaban J connectivity index is 2.07. The first-order chi connectivity index (χ1) is 10.2. The van der Waals surface area contributed by atoms with Crippen LogP contribution in [0, 0.1) is 0 Å². The number of hydrogen-bond donors (Lipinski definition) is 0. The number of halogens is 2. The molecule has 1 aromatic rings. The second kappa shape index (κ2) is 6.72. The van der Waals surface area contributed by atoms with Crippen molar-refractivity contribution in [1.82, 2.24) is 13.5 Å². The van der Waals surface area contributed by atoms with Gasteiger partial charge in [0.05, 0.1) is 10.6 Å². The largest absolute Gasteiger partial charge is 0.336 e. The molecule has 0 aliphatic carbocycles. The topological polar surface area (TPSA) is 60.9 Å². The Bertz CT molecular complexity index is 671. The summed E-state index contributed by atoms with van der Waals surface area (Å²) in [6.07, 6.45) is 0. The van der Waals surface area contributed by atoms with Crippen LogP contribution in [-0.4, -0.2) is 68.1 Å². The molecule has 0 bridgehead atoms. The molecule has 0 N–H and O–H groups in total. The number of carbonyl (C=O) groups is 1. The van der Waals surface area contributed by atoms with Gasteiger partial charge in [-0.1, -0.05) is 23.2 Å². The Morgan fingerprint density at radius 1 is 1.14 bits per heavy atom. The van der Waals surface area contributed by atoms with E-state index in [-0.39, 0.29) is 19.0 Å². The third-order valence-electron chi connectivity index (χ3n) is 3.48. The molecule has 0 aromatic heterocycles. The van der Waals surface area contributed by atoms with Gasteiger partial charge in [-0.25, -0.2) is 0 Å². The van der Waals surface area contributed by atoms with Gasteiger partial charge in [0.1, 0.15) is 0 Å². The van der Waals surface area contributed by atoms with Crippen LogP contribution in [0.25, 0.3) is 0 Å². The molecule has 6 nitrogen and oxygen atoms in total. The van der Waals surface area contributed by atoms with Gasteiger partial charge >= 0.3 is 0 Å². The van der Waals surface area contributed by atoms with E-state index >= 15 is 0 Å². The van der Waals surface area contributed by atoms with E-state index in [1.807, 2.05) is 0 Å². The van der Waals surface area contributed by atoms with Crippen LogP contribution >= 0.6 is 23.2 Å². The summed E-state index contributed by atoms with van der Waals surface area (Å²) in [7, 11) is -0.469. The Kier molecular flexibility index (Phi) is 5.34. The molecule has 0 spiro atoms. The number of piperazine rings is 1. The first-order valence-corrected chi connectivity index (χ1v) is 8.80. The Labute approximate surface area is 140 Å². The van der Waals surface area contributed by atoms with E-state index in [4.69, 9.17) is 23.2 Å². The molecule has 2 rings (SSSR count). The van der Waals surface area contributed by atoms with E-state index in [1.165, 1.54) is 28.8 Å². The van der Waals surface area contributed by atoms with Gasteiger partial charge in [-0.3, -0.25) is 4.79 Å². The number of rotatable bonds is 3. The monoisotopic (exact) mass is 365 g/mol. The third kappa shape index (κ3) is 3.55. The molecule has 0 unspecified atom stereocenters. The molecule has 0 saturated carbocycles. The molecule has 1 aromatic carbocycles. The molecule has 1 saturated heterocycles. The van der Waals surface area contributed by atoms with Crippen LogP contribution in [-0.2, 0) is 10.2 Å². The SMILES string of the molecule is CN(C)S(=O)(=O)N1CCN(C(=O)c2ccc(Cl)cc2Cl)CC1. The Morgan fingerprint density at radius 2 is 1.73 bits per heavy atom. The minimum absolute atomic E-state index is 0.219. The first-order valence-electron chi connectivity index (χ1n) is 6.65. The summed E-state index contributed by atoms with van der Waals surface area (Å²) in [5, 5.41) is 0.754. The summed E-state index contributed by atoms with van der Waals surface area (Å²) in [4.78, 5) is 14.0. The molecule has 1 heterocycles. The maximum absolute atomic E-state index is 12.4. The van der Waals surface area contributed by atoms with Crippen molar-refractivity contribution in [3.8, 4) is 0 Å². The van der Waals surface area contributed by atoms with Crippen LogP contribution in [0.1, 0.15) is 10.4 Å². The fourth-order valence-electron chi connectivity index (χ4n) is 2.19. The summed E-state index contributed by atoms with van der Waals surface area (Å²) in [5.74, 6) is -0.219. The zero-order valence-electron chi connectivity index (χ0n) is 12.3. The van der Waals surface area contributed by atoms with Crippen LogP contribution in [0.3, 0.4) is 0 Å². The highest BCUT2D eigenvalue weighted by Crippen LogP contribution is 2.23. The first kappa shape index (κ1) is 17.5. The van der Waals surface area contributed by atoms with Gasteiger partial charge in [0, 0.05) is 45.3 Å². The van der Waals surface area contributed by atoms with E-state index in [0.717, 1.165) is 0 Å². The lowest BCUT2D eigenvalue weighted by Crippen LogP contribution is -2.53. The predicted octanol–water partition coefficient (Wildman–Crippen LogP) is 1.56. The maximum atomic E-state index is 12.4. The molecule has 0 atom stereocenters. The fraction of sp³-hybridized carbons (Fsp3) is 0.462. The second-order valence-corrected chi connectivity index (χ2v) is 8.09. The zero-order valence-corrected chi connectivity index (χ0v) is 14.6. The van der Waals surface area contributed by atoms with Crippen LogP contribution in [0.4, 0.5) is 0 Å². The summed E-state index contributed by atoms with van der Waals surface area (Å²) < 4.78 is 26.6. The van der Waals surface area contributed by atoms with Gasteiger partial charge in [0.25, 0.3) is 16.1 Å². The van der Waals surface area contributed by atoms with Crippen molar-refractivity contribution < 1.29 is 13.2 Å². The molecule has 22 heavy (non-hydrogen) atoms. The number of amides is 1. The number of carbonyl (C=O) groups excluding carboxylic acids is 1. The molecular weight excluding hydrogens is 349 g/mol. The predicted molar refractivity (Wildman–Crippen MR) is 86.5 cm³/mol.